The zero-order chi connectivity index (χ0) is 17.7. The van der Waals surface area contributed by atoms with Gasteiger partial charge in [-0.1, -0.05) is 19.9 Å². The molecule has 0 aliphatic carbocycles. The van der Waals surface area contributed by atoms with E-state index in [0.717, 1.165) is 10.9 Å². The normalized spacial score (nSPS) is 11.0. The average molecular weight is 330 g/mol. The Hall–Kier alpha value is -2.63. The molecule has 1 aromatic heterocycles. The molecule has 0 saturated carbocycles. The highest BCUT2D eigenvalue weighted by Crippen LogP contribution is 2.20. The molecule has 6 nitrogen and oxygen atoms in total. The molecule has 24 heavy (non-hydrogen) atoms. The fourth-order valence-electron chi connectivity index (χ4n) is 2.46. The van der Waals surface area contributed by atoms with Gasteiger partial charge < -0.3 is 15.4 Å². The van der Waals surface area contributed by atoms with Gasteiger partial charge in [0.05, 0.1) is 6.42 Å². The van der Waals surface area contributed by atoms with Crippen LogP contribution < -0.4 is 10.9 Å². The third-order valence-corrected chi connectivity index (χ3v) is 3.89. The molecule has 0 bridgehead atoms. The topological polar surface area (TPSA) is 99.3 Å². The highest BCUT2D eigenvalue weighted by atomic mass is 16.4. The fourth-order valence-corrected chi connectivity index (χ4v) is 2.46. The van der Waals surface area contributed by atoms with Crippen molar-refractivity contribution in [2.75, 3.05) is 6.54 Å². The van der Waals surface area contributed by atoms with E-state index < -0.39 is 5.97 Å². The van der Waals surface area contributed by atoms with E-state index in [2.05, 4.69) is 30.2 Å². The summed E-state index contributed by atoms with van der Waals surface area (Å²) in [6.45, 7) is 4.53. The van der Waals surface area contributed by atoms with Crippen LogP contribution in [0.1, 0.15) is 43.7 Å². The Morgan fingerprint density at radius 3 is 2.62 bits per heavy atom. The number of benzene rings is 1. The summed E-state index contributed by atoms with van der Waals surface area (Å²) in [6.07, 6.45) is 0.150. The first-order valence-electron chi connectivity index (χ1n) is 8.01. The minimum absolute atomic E-state index is 0.0544. The predicted molar refractivity (Wildman–Crippen MR) is 92.2 cm³/mol. The molecule has 6 heteroatoms. The SMILES string of the molecule is CC(C)c1ccc2[nH]c(=O)c(CCNC(=O)CCC(=O)O)cc2c1. The van der Waals surface area contributed by atoms with Gasteiger partial charge in [0.25, 0.3) is 5.56 Å². The molecule has 1 amide bonds. The number of pyridine rings is 1. The summed E-state index contributed by atoms with van der Waals surface area (Å²) in [4.78, 5) is 36.9. The summed E-state index contributed by atoms with van der Waals surface area (Å²) in [5.74, 6) is -0.924. The van der Waals surface area contributed by atoms with Crippen molar-refractivity contribution in [1.29, 1.82) is 0 Å². The molecule has 0 spiro atoms. The Labute approximate surface area is 139 Å². The van der Waals surface area contributed by atoms with Gasteiger partial charge in [0.1, 0.15) is 0 Å². The molecule has 0 radical (unpaired) electrons. The summed E-state index contributed by atoms with van der Waals surface area (Å²) in [5.41, 5.74) is 2.42. The lowest BCUT2D eigenvalue weighted by Gasteiger charge is -2.09. The van der Waals surface area contributed by atoms with E-state index in [4.69, 9.17) is 5.11 Å². The molecule has 0 unspecified atom stereocenters. The number of carboxylic acids is 1. The minimum Gasteiger partial charge on any atom is -0.481 e. The fraction of sp³-hybridized carbons (Fsp3) is 0.389. The first-order chi connectivity index (χ1) is 11.4. The predicted octanol–water partition coefficient (Wildman–Crippen LogP) is 2.17. The molecule has 0 atom stereocenters. The average Bonchev–Trinajstić information content (AvgIpc) is 2.52. The number of carboxylic acid groups (broad SMARTS) is 1. The van der Waals surface area contributed by atoms with E-state index >= 15 is 0 Å². The minimum atomic E-state index is -1.00. The molecule has 3 N–H and O–H groups in total. The van der Waals surface area contributed by atoms with Crippen LogP contribution in [0.2, 0.25) is 0 Å². The molecule has 128 valence electrons. The van der Waals surface area contributed by atoms with E-state index in [1.807, 2.05) is 18.2 Å². The molecule has 2 rings (SSSR count). The van der Waals surface area contributed by atoms with Gasteiger partial charge in [-0.3, -0.25) is 14.4 Å². The molecule has 1 heterocycles. The maximum absolute atomic E-state index is 12.1. The van der Waals surface area contributed by atoms with E-state index in [9.17, 15) is 14.4 Å². The van der Waals surface area contributed by atoms with E-state index in [1.165, 1.54) is 5.56 Å². The molecule has 0 aliphatic heterocycles. The standard InChI is InChI=1S/C18H22N2O4/c1-11(2)12-3-4-15-14(9-12)10-13(18(24)20-15)7-8-19-16(21)5-6-17(22)23/h3-4,9-11H,5-8H2,1-2H3,(H,19,21)(H,20,24)(H,22,23). The Balaban J connectivity index is 2.06. The summed E-state index contributed by atoms with van der Waals surface area (Å²) in [6, 6.07) is 7.82. The van der Waals surface area contributed by atoms with Gasteiger partial charge in [-0.15, -0.1) is 0 Å². The molecule has 1 aromatic carbocycles. The number of carbonyl (C=O) groups is 2. The lowest BCUT2D eigenvalue weighted by atomic mass is 10.0. The number of rotatable bonds is 7. The smallest absolute Gasteiger partial charge is 0.303 e. The van der Waals surface area contributed by atoms with Gasteiger partial charge in [0, 0.05) is 24.0 Å². The third kappa shape index (κ3) is 4.68. The maximum Gasteiger partial charge on any atom is 0.303 e. The van der Waals surface area contributed by atoms with Crippen LogP contribution in [-0.2, 0) is 16.0 Å². The molecular formula is C18H22N2O4. The number of aromatic nitrogens is 1. The number of H-pyrrole nitrogens is 1. The van der Waals surface area contributed by atoms with Gasteiger partial charge in [-0.25, -0.2) is 0 Å². The summed E-state index contributed by atoms with van der Waals surface area (Å²) in [5, 5.41) is 12.1. The lowest BCUT2D eigenvalue weighted by Crippen LogP contribution is -2.27. The molecule has 0 aliphatic rings. The van der Waals surface area contributed by atoms with Crippen molar-refractivity contribution in [2.24, 2.45) is 0 Å². The van der Waals surface area contributed by atoms with Crippen molar-refractivity contribution in [2.45, 2.75) is 39.0 Å². The van der Waals surface area contributed by atoms with E-state index in [0.29, 0.717) is 24.4 Å². The van der Waals surface area contributed by atoms with Crippen LogP contribution in [0.15, 0.2) is 29.1 Å². The van der Waals surface area contributed by atoms with E-state index in [-0.39, 0.29) is 24.3 Å². The van der Waals surface area contributed by atoms with Crippen molar-refractivity contribution in [1.82, 2.24) is 10.3 Å². The van der Waals surface area contributed by atoms with Crippen LogP contribution in [0.3, 0.4) is 0 Å². The molecule has 0 fully saturated rings. The summed E-state index contributed by atoms with van der Waals surface area (Å²) in [7, 11) is 0. The van der Waals surface area contributed by atoms with Crippen molar-refractivity contribution in [3.8, 4) is 0 Å². The number of aliphatic carboxylic acids is 1. The number of hydrogen-bond acceptors (Lipinski definition) is 3. The van der Waals surface area contributed by atoms with Crippen LogP contribution in [-0.4, -0.2) is 28.5 Å². The van der Waals surface area contributed by atoms with Crippen LogP contribution >= 0.6 is 0 Å². The largest absolute Gasteiger partial charge is 0.481 e. The van der Waals surface area contributed by atoms with Gasteiger partial charge >= 0.3 is 5.97 Å². The molecular weight excluding hydrogens is 308 g/mol. The number of fused-ring (bicyclic) bond motifs is 1. The quantitative estimate of drug-likeness (QED) is 0.724. The first-order valence-corrected chi connectivity index (χ1v) is 8.01. The second-order valence-corrected chi connectivity index (χ2v) is 6.12. The second-order valence-electron chi connectivity index (χ2n) is 6.12. The van der Waals surface area contributed by atoms with Crippen molar-refractivity contribution in [3.05, 3.63) is 45.7 Å². The van der Waals surface area contributed by atoms with E-state index in [1.54, 1.807) is 0 Å². The van der Waals surface area contributed by atoms with Crippen molar-refractivity contribution in [3.63, 3.8) is 0 Å². The number of nitrogens with one attached hydrogen (secondary N) is 2. The van der Waals surface area contributed by atoms with Gasteiger partial charge in [0.2, 0.25) is 5.91 Å². The third-order valence-electron chi connectivity index (χ3n) is 3.89. The van der Waals surface area contributed by atoms with Gasteiger partial charge in [-0.2, -0.15) is 0 Å². The molecule has 2 aromatic rings. The Morgan fingerprint density at radius 1 is 1.21 bits per heavy atom. The number of amides is 1. The summed E-state index contributed by atoms with van der Waals surface area (Å²) >= 11 is 0. The Morgan fingerprint density at radius 2 is 1.96 bits per heavy atom. The first kappa shape index (κ1) is 17.7. The number of hydrogen-bond donors (Lipinski definition) is 3. The summed E-state index contributed by atoms with van der Waals surface area (Å²) < 4.78 is 0. The zero-order valence-electron chi connectivity index (χ0n) is 13.9. The highest BCUT2D eigenvalue weighted by molar-refractivity contribution is 5.81. The van der Waals surface area contributed by atoms with Crippen molar-refractivity contribution >= 4 is 22.8 Å². The number of aromatic amines is 1. The second kappa shape index (κ2) is 7.77. The van der Waals surface area contributed by atoms with Crippen LogP contribution in [0.5, 0.6) is 0 Å². The monoisotopic (exact) mass is 330 g/mol. The zero-order valence-corrected chi connectivity index (χ0v) is 13.9. The van der Waals surface area contributed by atoms with Crippen LogP contribution in [0.25, 0.3) is 10.9 Å². The van der Waals surface area contributed by atoms with Gasteiger partial charge in [0.15, 0.2) is 0 Å². The maximum atomic E-state index is 12.1. The number of carbonyl (C=O) groups excluding carboxylic acids is 1. The Kier molecular flexibility index (Phi) is 5.73. The Bertz CT molecular complexity index is 808. The highest BCUT2D eigenvalue weighted by Gasteiger charge is 2.08. The van der Waals surface area contributed by atoms with Gasteiger partial charge in [-0.05, 0) is 41.5 Å². The van der Waals surface area contributed by atoms with Crippen LogP contribution in [0.4, 0.5) is 0 Å². The van der Waals surface area contributed by atoms with Crippen molar-refractivity contribution < 1.29 is 14.7 Å². The van der Waals surface area contributed by atoms with Crippen LogP contribution in [0, 0.1) is 0 Å². The molecule has 0 saturated heterocycles. The lowest BCUT2D eigenvalue weighted by molar-refractivity contribution is -0.138.